The molecule has 2 aromatic rings. The highest BCUT2D eigenvalue weighted by Crippen LogP contribution is 2.39. The Balaban J connectivity index is 2.23. The van der Waals surface area contributed by atoms with Crippen molar-refractivity contribution in [3.8, 4) is 0 Å². The molecule has 0 radical (unpaired) electrons. The lowest BCUT2D eigenvalue weighted by atomic mass is 9.96. The number of anilines is 2. The molecule has 0 saturated carbocycles. The lowest BCUT2D eigenvalue weighted by Crippen LogP contribution is -2.46. The van der Waals surface area contributed by atoms with Crippen LogP contribution in [0.1, 0.15) is 26.7 Å². The van der Waals surface area contributed by atoms with Gasteiger partial charge >= 0.3 is 0 Å². The van der Waals surface area contributed by atoms with Crippen molar-refractivity contribution < 1.29 is 0 Å². The second-order valence-corrected chi connectivity index (χ2v) is 4.75. The molecule has 1 aliphatic heterocycles. The van der Waals surface area contributed by atoms with Crippen LogP contribution in [0.4, 0.5) is 11.4 Å². The largest absolute Gasteiger partial charge is 0.362 e. The fourth-order valence-corrected chi connectivity index (χ4v) is 2.70. The van der Waals surface area contributed by atoms with Crippen LogP contribution >= 0.6 is 0 Å². The first-order valence-corrected chi connectivity index (χ1v) is 6.36. The lowest BCUT2D eigenvalue weighted by Gasteiger charge is -2.40. The van der Waals surface area contributed by atoms with Crippen LogP contribution in [0.15, 0.2) is 36.4 Å². The highest BCUT2D eigenvalue weighted by molar-refractivity contribution is 6.05. The molecular weight excluding hydrogens is 208 g/mol. The van der Waals surface area contributed by atoms with Gasteiger partial charge in [0.15, 0.2) is 0 Å². The summed E-state index contributed by atoms with van der Waals surface area (Å²) in [6, 6.07) is 12.9. The van der Waals surface area contributed by atoms with Gasteiger partial charge in [-0.1, -0.05) is 38.1 Å². The van der Waals surface area contributed by atoms with Crippen LogP contribution in [0, 0.1) is 0 Å². The monoisotopic (exact) mass is 226 g/mol. The molecule has 0 fully saturated rings. The van der Waals surface area contributed by atoms with Gasteiger partial charge in [0.2, 0.25) is 0 Å². The Kier molecular flexibility index (Phi) is 2.25. The van der Waals surface area contributed by atoms with E-state index >= 15 is 0 Å². The molecule has 0 unspecified atom stereocenters. The molecule has 0 spiro atoms. The Bertz CT molecular complexity index is 513. The molecule has 2 nitrogen and oxygen atoms in total. The fourth-order valence-electron chi connectivity index (χ4n) is 2.70. The van der Waals surface area contributed by atoms with Crippen LogP contribution in [0.25, 0.3) is 10.8 Å². The van der Waals surface area contributed by atoms with Gasteiger partial charge in [-0.25, -0.2) is 0 Å². The molecule has 17 heavy (non-hydrogen) atoms. The standard InChI is InChI=1S/C15H18N2/c1-3-15(4-2)16-12-9-5-7-11-8-6-10-13(17-15)14(11)12/h5-10,16-17H,3-4H2,1-2H3. The Hall–Kier alpha value is -1.70. The highest BCUT2D eigenvalue weighted by atomic mass is 15.2. The molecule has 0 saturated heterocycles. The molecule has 1 aliphatic rings. The minimum atomic E-state index is 0.00262. The van der Waals surface area contributed by atoms with E-state index in [1.807, 2.05) is 0 Å². The molecule has 0 amide bonds. The van der Waals surface area contributed by atoms with E-state index in [2.05, 4.69) is 60.9 Å². The smallest absolute Gasteiger partial charge is 0.107 e. The number of nitrogens with one attached hydrogen (secondary N) is 2. The molecule has 2 N–H and O–H groups in total. The number of hydrogen-bond donors (Lipinski definition) is 2. The van der Waals surface area contributed by atoms with E-state index in [-0.39, 0.29) is 5.66 Å². The van der Waals surface area contributed by atoms with E-state index in [0.29, 0.717) is 0 Å². The van der Waals surface area contributed by atoms with Gasteiger partial charge in [0.05, 0.1) is 0 Å². The van der Waals surface area contributed by atoms with E-state index in [0.717, 1.165) is 12.8 Å². The molecular formula is C15H18N2. The van der Waals surface area contributed by atoms with Gasteiger partial charge in [0.1, 0.15) is 5.66 Å². The summed E-state index contributed by atoms with van der Waals surface area (Å²) in [6.45, 7) is 4.44. The van der Waals surface area contributed by atoms with Gasteiger partial charge in [0.25, 0.3) is 0 Å². The van der Waals surface area contributed by atoms with Gasteiger partial charge in [0, 0.05) is 16.8 Å². The fraction of sp³-hybridized carbons (Fsp3) is 0.333. The minimum absolute atomic E-state index is 0.00262. The van der Waals surface area contributed by atoms with Crippen molar-refractivity contribution in [2.45, 2.75) is 32.4 Å². The quantitative estimate of drug-likeness (QED) is 0.802. The zero-order valence-corrected chi connectivity index (χ0v) is 10.4. The van der Waals surface area contributed by atoms with Crippen LogP contribution in [-0.4, -0.2) is 5.66 Å². The highest BCUT2D eigenvalue weighted by Gasteiger charge is 2.30. The Morgan fingerprint density at radius 1 is 0.882 bits per heavy atom. The van der Waals surface area contributed by atoms with Crippen molar-refractivity contribution in [2.75, 3.05) is 10.6 Å². The van der Waals surface area contributed by atoms with Crippen LogP contribution in [0.5, 0.6) is 0 Å². The summed E-state index contributed by atoms with van der Waals surface area (Å²) >= 11 is 0. The predicted molar refractivity (Wildman–Crippen MR) is 74.5 cm³/mol. The van der Waals surface area contributed by atoms with E-state index in [1.165, 1.54) is 22.1 Å². The van der Waals surface area contributed by atoms with Gasteiger partial charge in [-0.05, 0) is 30.4 Å². The van der Waals surface area contributed by atoms with Crippen LogP contribution in [-0.2, 0) is 0 Å². The Morgan fingerprint density at radius 3 is 1.88 bits per heavy atom. The molecule has 0 bridgehead atoms. The third-order valence-corrected chi connectivity index (χ3v) is 3.86. The van der Waals surface area contributed by atoms with E-state index in [1.54, 1.807) is 0 Å². The summed E-state index contributed by atoms with van der Waals surface area (Å²) < 4.78 is 0. The van der Waals surface area contributed by atoms with Crippen LogP contribution < -0.4 is 10.6 Å². The predicted octanol–water partition coefficient (Wildman–Crippen LogP) is 4.19. The second-order valence-electron chi connectivity index (χ2n) is 4.75. The van der Waals surface area contributed by atoms with Crippen molar-refractivity contribution in [3.05, 3.63) is 36.4 Å². The number of benzene rings is 2. The normalized spacial score (nSPS) is 16.4. The van der Waals surface area contributed by atoms with Crippen LogP contribution in [0.2, 0.25) is 0 Å². The van der Waals surface area contributed by atoms with E-state index in [4.69, 9.17) is 0 Å². The van der Waals surface area contributed by atoms with Crippen molar-refractivity contribution in [3.63, 3.8) is 0 Å². The first-order valence-electron chi connectivity index (χ1n) is 6.36. The maximum atomic E-state index is 3.66. The molecule has 2 heteroatoms. The third kappa shape index (κ3) is 1.47. The second kappa shape index (κ2) is 3.66. The summed E-state index contributed by atoms with van der Waals surface area (Å²) in [7, 11) is 0. The Labute approximate surface area is 102 Å². The SMILES string of the molecule is CCC1(CC)Nc2cccc3cccc(c23)N1. The van der Waals surface area contributed by atoms with Gasteiger partial charge in [-0.15, -0.1) is 0 Å². The molecule has 0 aromatic heterocycles. The zero-order chi connectivity index (χ0) is 11.9. The molecule has 1 heterocycles. The van der Waals surface area contributed by atoms with Crippen molar-refractivity contribution in [2.24, 2.45) is 0 Å². The third-order valence-electron chi connectivity index (χ3n) is 3.86. The van der Waals surface area contributed by atoms with E-state index < -0.39 is 0 Å². The summed E-state index contributed by atoms with van der Waals surface area (Å²) in [4.78, 5) is 0. The minimum Gasteiger partial charge on any atom is -0.362 e. The average molecular weight is 226 g/mol. The van der Waals surface area contributed by atoms with Crippen molar-refractivity contribution >= 4 is 22.1 Å². The Morgan fingerprint density at radius 2 is 1.41 bits per heavy atom. The summed E-state index contributed by atoms with van der Waals surface area (Å²) in [5, 5.41) is 9.93. The van der Waals surface area contributed by atoms with Gasteiger partial charge < -0.3 is 10.6 Å². The first kappa shape index (κ1) is 10.5. The summed E-state index contributed by atoms with van der Waals surface area (Å²) in [5.41, 5.74) is 2.50. The summed E-state index contributed by atoms with van der Waals surface area (Å²) in [6.07, 6.45) is 2.13. The first-order chi connectivity index (χ1) is 8.28. The van der Waals surface area contributed by atoms with Crippen LogP contribution in [0.3, 0.4) is 0 Å². The van der Waals surface area contributed by atoms with Gasteiger partial charge in [-0.2, -0.15) is 0 Å². The maximum absolute atomic E-state index is 3.66. The molecule has 0 atom stereocenters. The zero-order valence-electron chi connectivity index (χ0n) is 10.4. The molecule has 88 valence electrons. The maximum Gasteiger partial charge on any atom is 0.107 e. The van der Waals surface area contributed by atoms with Crippen molar-refractivity contribution in [1.82, 2.24) is 0 Å². The topological polar surface area (TPSA) is 24.1 Å². The lowest BCUT2D eigenvalue weighted by molar-refractivity contribution is 0.492. The molecule has 3 rings (SSSR count). The van der Waals surface area contributed by atoms with Gasteiger partial charge in [-0.3, -0.25) is 0 Å². The van der Waals surface area contributed by atoms with Crippen molar-refractivity contribution in [1.29, 1.82) is 0 Å². The molecule has 0 aliphatic carbocycles. The summed E-state index contributed by atoms with van der Waals surface area (Å²) in [5.74, 6) is 0. The number of rotatable bonds is 2. The average Bonchev–Trinajstić information content (AvgIpc) is 2.39. The number of hydrogen-bond acceptors (Lipinski definition) is 2. The van der Waals surface area contributed by atoms with E-state index in [9.17, 15) is 0 Å². The molecule has 2 aromatic carbocycles.